The molecule has 0 unspecified atom stereocenters. The summed E-state index contributed by atoms with van der Waals surface area (Å²) in [7, 11) is 0. The summed E-state index contributed by atoms with van der Waals surface area (Å²) in [4.78, 5) is 12.1. The second kappa shape index (κ2) is 5.66. The molecular weight excluding hydrogens is 232 g/mol. The zero-order valence-corrected chi connectivity index (χ0v) is 11.6. The lowest BCUT2D eigenvalue weighted by Crippen LogP contribution is -1.95. The predicted molar refractivity (Wildman–Crippen MR) is 80.3 cm³/mol. The van der Waals surface area contributed by atoms with Gasteiger partial charge in [0.05, 0.1) is 0 Å². The maximum Gasteiger partial charge on any atom is 0.186 e. The molecule has 0 aromatic heterocycles. The van der Waals surface area contributed by atoms with Crippen molar-refractivity contribution in [2.24, 2.45) is 0 Å². The van der Waals surface area contributed by atoms with Crippen molar-refractivity contribution in [3.05, 3.63) is 76.9 Å². The summed E-state index contributed by atoms with van der Waals surface area (Å²) in [6, 6.07) is 15.9. The van der Waals surface area contributed by atoms with E-state index in [1.807, 2.05) is 50.2 Å². The minimum atomic E-state index is 0.0538. The Morgan fingerprint density at radius 1 is 0.789 bits per heavy atom. The Hall–Kier alpha value is -2.15. The van der Waals surface area contributed by atoms with E-state index in [9.17, 15) is 4.79 Å². The zero-order valence-electron chi connectivity index (χ0n) is 11.6. The van der Waals surface area contributed by atoms with E-state index in [0.29, 0.717) is 0 Å². The molecule has 2 aromatic rings. The van der Waals surface area contributed by atoms with Crippen molar-refractivity contribution in [2.75, 3.05) is 0 Å². The summed E-state index contributed by atoms with van der Waals surface area (Å²) in [6.07, 6.45) is 1.70. The molecule has 96 valence electrons. The summed E-state index contributed by atoms with van der Waals surface area (Å²) >= 11 is 0. The van der Waals surface area contributed by atoms with Gasteiger partial charge in [-0.1, -0.05) is 59.7 Å². The summed E-state index contributed by atoms with van der Waals surface area (Å²) in [6.45, 7) is 6.04. The number of rotatable bonds is 3. The molecule has 0 spiro atoms. The first-order valence-electron chi connectivity index (χ1n) is 6.42. The number of ketones is 1. The van der Waals surface area contributed by atoms with Gasteiger partial charge in [0, 0.05) is 5.56 Å². The molecule has 0 heterocycles. The molecule has 0 N–H and O–H groups in total. The van der Waals surface area contributed by atoms with Gasteiger partial charge in [-0.2, -0.15) is 0 Å². The Bertz CT molecular complexity index is 601. The first-order valence-corrected chi connectivity index (χ1v) is 6.42. The molecular formula is C18H18O. The minimum absolute atomic E-state index is 0.0538. The van der Waals surface area contributed by atoms with Crippen LogP contribution in [0, 0.1) is 13.8 Å². The number of carbonyl (C=O) groups excluding carboxylic acids is 1. The number of carbonyl (C=O) groups is 1. The van der Waals surface area contributed by atoms with E-state index in [4.69, 9.17) is 0 Å². The van der Waals surface area contributed by atoms with Gasteiger partial charge in [-0.3, -0.25) is 4.79 Å². The fourth-order valence-electron chi connectivity index (χ4n) is 1.90. The van der Waals surface area contributed by atoms with E-state index in [1.165, 1.54) is 5.56 Å². The van der Waals surface area contributed by atoms with E-state index in [0.717, 1.165) is 22.3 Å². The van der Waals surface area contributed by atoms with Gasteiger partial charge in [0.2, 0.25) is 0 Å². The summed E-state index contributed by atoms with van der Waals surface area (Å²) < 4.78 is 0. The molecule has 0 saturated heterocycles. The van der Waals surface area contributed by atoms with E-state index in [-0.39, 0.29) is 5.78 Å². The Kier molecular flexibility index (Phi) is 3.96. The van der Waals surface area contributed by atoms with Crippen LogP contribution in [-0.2, 0) is 0 Å². The molecule has 2 rings (SSSR count). The van der Waals surface area contributed by atoms with Gasteiger partial charge in [0.1, 0.15) is 0 Å². The first kappa shape index (κ1) is 13.3. The lowest BCUT2D eigenvalue weighted by atomic mass is 10.0. The normalized spacial score (nSPS) is 11.4. The summed E-state index contributed by atoms with van der Waals surface area (Å²) in [5.74, 6) is 0.0538. The van der Waals surface area contributed by atoms with E-state index in [2.05, 4.69) is 19.1 Å². The third-order valence-corrected chi connectivity index (χ3v) is 3.19. The predicted octanol–water partition coefficient (Wildman–Crippen LogP) is 4.59. The summed E-state index contributed by atoms with van der Waals surface area (Å²) in [5.41, 5.74) is 5.20. The molecule has 0 bridgehead atoms. The van der Waals surface area contributed by atoms with E-state index < -0.39 is 0 Å². The van der Waals surface area contributed by atoms with E-state index >= 15 is 0 Å². The number of hydrogen-bond donors (Lipinski definition) is 0. The molecule has 0 atom stereocenters. The maximum atomic E-state index is 12.1. The van der Waals surface area contributed by atoms with Crippen LogP contribution in [0.2, 0.25) is 0 Å². The lowest BCUT2D eigenvalue weighted by Gasteiger charge is -2.03. The quantitative estimate of drug-likeness (QED) is 0.575. The van der Waals surface area contributed by atoms with Crippen molar-refractivity contribution in [3.63, 3.8) is 0 Å². The Morgan fingerprint density at radius 3 is 1.68 bits per heavy atom. The fourth-order valence-corrected chi connectivity index (χ4v) is 1.90. The van der Waals surface area contributed by atoms with Gasteiger partial charge < -0.3 is 0 Å². The van der Waals surface area contributed by atoms with Crippen molar-refractivity contribution in [2.45, 2.75) is 20.8 Å². The minimum Gasteiger partial charge on any atom is -0.289 e. The average molecular weight is 250 g/mol. The highest BCUT2D eigenvalue weighted by Gasteiger charge is 2.03. The van der Waals surface area contributed by atoms with Crippen molar-refractivity contribution in [1.29, 1.82) is 0 Å². The topological polar surface area (TPSA) is 17.1 Å². The van der Waals surface area contributed by atoms with Crippen molar-refractivity contribution in [3.8, 4) is 0 Å². The third kappa shape index (κ3) is 3.41. The number of hydrogen-bond acceptors (Lipinski definition) is 1. The molecule has 0 aliphatic heterocycles. The molecule has 0 aliphatic carbocycles. The van der Waals surface area contributed by atoms with Crippen LogP contribution >= 0.6 is 0 Å². The molecule has 1 heteroatoms. The molecule has 1 nitrogen and oxygen atoms in total. The maximum absolute atomic E-state index is 12.1. The summed E-state index contributed by atoms with van der Waals surface area (Å²) in [5, 5.41) is 0. The fraction of sp³-hybridized carbons (Fsp3) is 0.167. The second-order valence-electron chi connectivity index (χ2n) is 4.92. The average Bonchev–Trinajstić information content (AvgIpc) is 2.40. The van der Waals surface area contributed by atoms with Gasteiger partial charge in [-0.15, -0.1) is 0 Å². The van der Waals surface area contributed by atoms with Crippen LogP contribution < -0.4 is 0 Å². The van der Waals surface area contributed by atoms with Gasteiger partial charge in [0.15, 0.2) is 5.78 Å². The van der Waals surface area contributed by atoms with Gasteiger partial charge in [-0.25, -0.2) is 0 Å². The Labute approximate surface area is 114 Å². The number of aryl methyl sites for hydroxylation is 2. The highest BCUT2D eigenvalue weighted by Crippen LogP contribution is 2.16. The molecule has 19 heavy (non-hydrogen) atoms. The highest BCUT2D eigenvalue weighted by atomic mass is 16.1. The van der Waals surface area contributed by atoms with E-state index in [1.54, 1.807) is 6.08 Å². The first-order chi connectivity index (χ1) is 9.06. The van der Waals surface area contributed by atoms with Crippen LogP contribution in [0.3, 0.4) is 0 Å². The van der Waals surface area contributed by atoms with Crippen LogP contribution in [0.5, 0.6) is 0 Å². The third-order valence-electron chi connectivity index (χ3n) is 3.19. The smallest absolute Gasteiger partial charge is 0.186 e. The Morgan fingerprint density at radius 2 is 1.21 bits per heavy atom. The van der Waals surface area contributed by atoms with Gasteiger partial charge >= 0.3 is 0 Å². The van der Waals surface area contributed by atoms with Crippen LogP contribution in [-0.4, -0.2) is 5.78 Å². The standard InChI is InChI=1S/C18H18O/c1-13-4-8-16(9-5-13)15(3)12-18(19)17-10-6-14(2)7-11-17/h4-12H,1-3H3. The molecule has 2 aromatic carbocycles. The molecule has 0 aliphatic rings. The monoisotopic (exact) mass is 250 g/mol. The number of benzene rings is 2. The largest absolute Gasteiger partial charge is 0.289 e. The zero-order chi connectivity index (χ0) is 13.8. The van der Waals surface area contributed by atoms with Crippen LogP contribution in [0.15, 0.2) is 54.6 Å². The van der Waals surface area contributed by atoms with Crippen molar-refractivity contribution >= 4 is 11.4 Å². The lowest BCUT2D eigenvalue weighted by molar-refractivity contribution is 0.104. The highest BCUT2D eigenvalue weighted by molar-refractivity contribution is 6.08. The SMILES string of the molecule is CC(=CC(=O)c1ccc(C)cc1)c1ccc(C)cc1. The Balaban J connectivity index is 2.22. The molecule has 0 amide bonds. The second-order valence-corrected chi connectivity index (χ2v) is 4.92. The van der Waals surface area contributed by atoms with Crippen LogP contribution in [0.1, 0.15) is 34.0 Å². The molecule has 0 saturated carbocycles. The van der Waals surface area contributed by atoms with Crippen LogP contribution in [0.4, 0.5) is 0 Å². The van der Waals surface area contributed by atoms with Gasteiger partial charge in [0.25, 0.3) is 0 Å². The molecule has 0 fully saturated rings. The number of allylic oxidation sites excluding steroid dienone is 2. The van der Waals surface area contributed by atoms with Gasteiger partial charge in [-0.05, 0) is 38.0 Å². The molecule has 0 radical (unpaired) electrons. The van der Waals surface area contributed by atoms with Crippen molar-refractivity contribution in [1.82, 2.24) is 0 Å². The van der Waals surface area contributed by atoms with Crippen molar-refractivity contribution < 1.29 is 4.79 Å². The van der Waals surface area contributed by atoms with Crippen LogP contribution in [0.25, 0.3) is 5.57 Å².